The number of alkyl halides is 1. The molecule has 0 fully saturated rings. The van der Waals surface area contributed by atoms with Gasteiger partial charge in [0.1, 0.15) is 0 Å². The van der Waals surface area contributed by atoms with E-state index in [0.29, 0.717) is 5.88 Å². The molecule has 0 aromatic heterocycles. The fourth-order valence-electron chi connectivity index (χ4n) is 1.46. The normalized spacial score (nSPS) is 10.6. The van der Waals surface area contributed by atoms with Gasteiger partial charge < -0.3 is 0 Å². The van der Waals surface area contributed by atoms with E-state index in [1.807, 2.05) is 6.07 Å². The zero-order chi connectivity index (χ0) is 9.26. The molecule has 0 heterocycles. The summed E-state index contributed by atoms with van der Waals surface area (Å²) in [5.41, 5.74) is 1.21. The molecule has 0 atom stereocenters. The van der Waals surface area contributed by atoms with Gasteiger partial charge in [-0.05, 0) is 51.1 Å². The molecule has 0 aliphatic carbocycles. The van der Waals surface area contributed by atoms with Crippen LogP contribution in [0.2, 0.25) is 0 Å². The Morgan fingerprint density at radius 1 is 1.15 bits per heavy atom. The fraction of sp³-hybridized carbons (Fsp3) is 0.0909. The molecular weight excluding hydrogens is 294 g/mol. The Balaban J connectivity index is 2.81. The first-order chi connectivity index (χ1) is 6.31. The highest BCUT2D eigenvalue weighted by Gasteiger charge is 2.00. The second-order valence-electron chi connectivity index (χ2n) is 2.92. The fourth-order valence-corrected chi connectivity index (χ4v) is 2.39. The molecule has 2 heteroatoms. The minimum absolute atomic E-state index is 0.581. The summed E-state index contributed by atoms with van der Waals surface area (Å²) in [5.74, 6) is 0.581. The van der Waals surface area contributed by atoms with E-state index in [4.69, 9.17) is 11.6 Å². The standard InChI is InChI=1S/C11H8ClI/c12-7-9-6-10(13)5-8-3-1-2-4-11(8)9/h1-6H,7H2. The summed E-state index contributed by atoms with van der Waals surface area (Å²) < 4.78 is 1.24. The second kappa shape index (κ2) is 3.84. The Bertz CT molecular complexity index is 437. The molecule has 2 aromatic rings. The van der Waals surface area contributed by atoms with Crippen LogP contribution >= 0.6 is 34.2 Å². The molecule has 0 N–H and O–H groups in total. The molecule has 0 aliphatic heterocycles. The molecule has 66 valence electrons. The molecule has 0 saturated heterocycles. The predicted molar refractivity (Wildman–Crippen MR) is 66.2 cm³/mol. The Labute approximate surface area is 96.0 Å². The summed E-state index contributed by atoms with van der Waals surface area (Å²) >= 11 is 8.19. The maximum atomic E-state index is 5.87. The highest BCUT2D eigenvalue weighted by molar-refractivity contribution is 14.1. The van der Waals surface area contributed by atoms with Gasteiger partial charge in [-0.25, -0.2) is 0 Å². The van der Waals surface area contributed by atoms with Crippen LogP contribution in [0.4, 0.5) is 0 Å². The molecule has 0 spiro atoms. The molecule has 0 unspecified atom stereocenters. The van der Waals surface area contributed by atoms with Crippen LogP contribution in [-0.2, 0) is 5.88 Å². The monoisotopic (exact) mass is 302 g/mol. The molecule has 0 nitrogen and oxygen atoms in total. The molecule has 13 heavy (non-hydrogen) atoms. The molecule has 0 radical (unpaired) electrons. The van der Waals surface area contributed by atoms with Crippen molar-refractivity contribution in [2.45, 2.75) is 5.88 Å². The molecular formula is C11H8ClI. The summed E-state index contributed by atoms with van der Waals surface area (Å²) in [4.78, 5) is 0. The minimum Gasteiger partial charge on any atom is -0.122 e. The van der Waals surface area contributed by atoms with Gasteiger partial charge in [0, 0.05) is 9.45 Å². The molecule has 0 aliphatic rings. The van der Waals surface area contributed by atoms with Crippen LogP contribution in [0.25, 0.3) is 10.8 Å². The maximum absolute atomic E-state index is 5.87. The Morgan fingerprint density at radius 2 is 1.92 bits per heavy atom. The molecule has 0 saturated carbocycles. The average molecular weight is 303 g/mol. The Morgan fingerprint density at radius 3 is 2.69 bits per heavy atom. The zero-order valence-corrected chi connectivity index (χ0v) is 9.84. The van der Waals surface area contributed by atoms with Crippen LogP contribution in [0.5, 0.6) is 0 Å². The number of hydrogen-bond donors (Lipinski definition) is 0. The van der Waals surface area contributed by atoms with E-state index in [2.05, 4.69) is 52.9 Å². The lowest BCUT2D eigenvalue weighted by Gasteiger charge is -2.03. The van der Waals surface area contributed by atoms with E-state index in [1.165, 1.54) is 19.9 Å². The Hall–Kier alpha value is -0.280. The van der Waals surface area contributed by atoms with E-state index in [1.54, 1.807) is 0 Å². The number of fused-ring (bicyclic) bond motifs is 1. The first-order valence-electron chi connectivity index (χ1n) is 4.04. The third-order valence-corrected chi connectivity index (χ3v) is 2.97. The average Bonchev–Trinajstić information content (AvgIpc) is 2.16. The topological polar surface area (TPSA) is 0 Å². The lowest BCUT2D eigenvalue weighted by atomic mass is 10.1. The van der Waals surface area contributed by atoms with E-state index in [-0.39, 0.29) is 0 Å². The van der Waals surface area contributed by atoms with Crippen LogP contribution in [0.15, 0.2) is 36.4 Å². The van der Waals surface area contributed by atoms with Gasteiger partial charge in [-0.3, -0.25) is 0 Å². The number of hydrogen-bond acceptors (Lipinski definition) is 0. The third kappa shape index (κ3) is 1.81. The Kier molecular flexibility index (Phi) is 2.74. The first-order valence-corrected chi connectivity index (χ1v) is 5.66. The summed E-state index contributed by atoms with van der Waals surface area (Å²) in [6.07, 6.45) is 0. The van der Waals surface area contributed by atoms with Crippen molar-refractivity contribution >= 4 is 45.0 Å². The van der Waals surface area contributed by atoms with Crippen LogP contribution in [0.1, 0.15) is 5.56 Å². The van der Waals surface area contributed by atoms with Gasteiger partial charge in [-0.15, -0.1) is 11.6 Å². The molecule has 0 bridgehead atoms. The predicted octanol–water partition coefficient (Wildman–Crippen LogP) is 4.18. The highest BCUT2D eigenvalue weighted by atomic mass is 127. The van der Waals surface area contributed by atoms with Crippen LogP contribution in [0.3, 0.4) is 0 Å². The summed E-state index contributed by atoms with van der Waals surface area (Å²) in [5, 5.41) is 2.53. The van der Waals surface area contributed by atoms with E-state index < -0.39 is 0 Å². The highest BCUT2D eigenvalue weighted by Crippen LogP contribution is 2.23. The van der Waals surface area contributed by atoms with Crippen molar-refractivity contribution in [1.29, 1.82) is 0 Å². The van der Waals surface area contributed by atoms with E-state index in [0.717, 1.165) is 0 Å². The summed E-state index contributed by atoms with van der Waals surface area (Å²) in [6, 6.07) is 12.6. The molecule has 2 aromatic carbocycles. The van der Waals surface area contributed by atoms with Crippen molar-refractivity contribution in [2.75, 3.05) is 0 Å². The summed E-state index contributed by atoms with van der Waals surface area (Å²) in [6.45, 7) is 0. The van der Waals surface area contributed by atoms with Gasteiger partial charge in [0.2, 0.25) is 0 Å². The lowest BCUT2D eigenvalue weighted by Crippen LogP contribution is -1.83. The van der Waals surface area contributed by atoms with Crippen LogP contribution in [0, 0.1) is 3.57 Å². The van der Waals surface area contributed by atoms with Crippen molar-refractivity contribution in [1.82, 2.24) is 0 Å². The number of benzene rings is 2. The van der Waals surface area contributed by atoms with E-state index in [9.17, 15) is 0 Å². The molecule has 2 rings (SSSR count). The second-order valence-corrected chi connectivity index (χ2v) is 4.43. The number of rotatable bonds is 1. The van der Waals surface area contributed by atoms with E-state index >= 15 is 0 Å². The van der Waals surface area contributed by atoms with Gasteiger partial charge >= 0.3 is 0 Å². The maximum Gasteiger partial charge on any atom is 0.0480 e. The van der Waals surface area contributed by atoms with Crippen LogP contribution in [-0.4, -0.2) is 0 Å². The minimum atomic E-state index is 0.581. The first kappa shape index (κ1) is 9.28. The van der Waals surface area contributed by atoms with Crippen molar-refractivity contribution in [3.05, 3.63) is 45.5 Å². The van der Waals surface area contributed by atoms with Gasteiger partial charge in [-0.2, -0.15) is 0 Å². The van der Waals surface area contributed by atoms with Crippen molar-refractivity contribution < 1.29 is 0 Å². The van der Waals surface area contributed by atoms with Gasteiger partial charge in [0.05, 0.1) is 0 Å². The van der Waals surface area contributed by atoms with Crippen molar-refractivity contribution in [3.8, 4) is 0 Å². The zero-order valence-electron chi connectivity index (χ0n) is 6.93. The van der Waals surface area contributed by atoms with Gasteiger partial charge in [0.25, 0.3) is 0 Å². The SMILES string of the molecule is ClCc1cc(I)cc2ccccc12. The van der Waals surface area contributed by atoms with Crippen LogP contribution < -0.4 is 0 Å². The molecule has 0 amide bonds. The summed E-state index contributed by atoms with van der Waals surface area (Å²) in [7, 11) is 0. The third-order valence-electron chi connectivity index (χ3n) is 2.06. The van der Waals surface area contributed by atoms with Gasteiger partial charge in [-0.1, -0.05) is 24.3 Å². The number of halogens is 2. The van der Waals surface area contributed by atoms with Crippen molar-refractivity contribution in [3.63, 3.8) is 0 Å². The smallest absolute Gasteiger partial charge is 0.0480 e. The van der Waals surface area contributed by atoms with Gasteiger partial charge in [0.15, 0.2) is 0 Å². The lowest BCUT2D eigenvalue weighted by molar-refractivity contribution is 1.44. The quantitative estimate of drug-likeness (QED) is 0.547. The van der Waals surface area contributed by atoms with Crippen molar-refractivity contribution in [2.24, 2.45) is 0 Å². The largest absolute Gasteiger partial charge is 0.122 e.